The van der Waals surface area contributed by atoms with E-state index >= 15 is 0 Å². The van der Waals surface area contributed by atoms with Gasteiger partial charge in [0.15, 0.2) is 0 Å². The van der Waals surface area contributed by atoms with E-state index in [2.05, 4.69) is 0 Å². The average molecular weight is 226 g/mol. The van der Waals surface area contributed by atoms with Gasteiger partial charge in [-0.05, 0) is 29.2 Å². The molecule has 0 radical (unpaired) electrons. The van der Waals surface area contributed by atoms with Crippen molar-refractivity contribution in [1.82, 2.24) is 0 Å². The maximum absolute atomic E-state index is 10.7. The first-order valence-electron chi connectivity index (χ1n) is 5.53. The highest BCUT2D eigenvalue weighted by Gasteiger charge is 2.05. The first-order chi connectivity index (χ1) is 8.16. The van der Waals surface area contributed by atoms with Gasteiger partial charge in [0.1, 0.15) is 0 Å². The second-order valence-electron chi connectivity index (χ2n) is 4.08. The summed E-state index contributed by atoms with van der Waals surface area (Å²) < 4.78 is 0. The normalized spacial score (nSPS) is 10.2. The predicted octanol–water partition coefficient (Wildman–Crippen LogP) is 3.29. The molecule has 0 amide bonds. The van der Waals surface area contributed by atoms with Gasteiger partial charge >= 0.3 is 5.97 Å². The Hall–Kier alpha value is -2.09. The summed E-state index contributed by atoms with van der Waals surface area (Å²) in [5.41, 5.74) is 4.17. The lowest BCUT2D eigenvalue weighted by Gasteiger charge is -2.07. The third-order valence-electron chi connectivity index (χ3n) is 2.79. The lowest BCUT2D eigenvalue weighted by Crippen LogP contribution is -2.01. The van der Waals surface area contributed by atoms with E-state index in [1.165, 1.54) is 0 Å². The summed E-state index contributed by atoms with van der Waals surface area (Å²) in [5, 5.41) is 8.78. The van der Waals surface area contributed by atoms with Gasteiger partial charge in [-0.25, -0.2) is 0 Å². The summed E-state index contributed by atoms with van der Waals surface area (Å²) in [6.07, 6.45) is 0.0842. The van der Waals surface area contributed by atoms with Crippen LogP contribution < -0.4 is 0 Å². The predicted molar refractivity (Wildman–Crippen MR) is 68.0 cm³/mol. The van der Waals surface area contributed by atoms with E-state index in [1.807, 2.05) is 55.5 Å². The molecule has 2 nitrogen and oxygen atoms in total. The Balaban J connectivity index is 2.34. The van der Waals surface area contributed by atoms with Crippen molar-refractivity contribution >= 4 is 5.97 Å². The summed E-state index contributed by atoms with van der Waals surface area (Å²) in [4.78, 5) is 10.7. The number of aliphatic carboxylic acids is 1. The van der Waals surface area contributed by atoms with Crippen LogP contribution in [-0.2, 0) is 11.2 Å². The van der Waals surface area contributed by atoms with Crippen LogP contribution in [-0.4, -0.2) is 11.1 Å². The van der Waals surface area contributed by atoms with Crippen LogP contribution in [0.25, 0.3) is 11.1 Å². The second-order valence-corrected chi connectivity index (χ2v) is 4.08. The van der Waals surface area contributed by atoms with Crippen molar-refractivity contribution < 1.29 is 9.90 Å². The fraction of sp³-hybridized carbons (Fsp3) is 0.133. The van der Waals surface area contributed by atoms with Gasteiger partial charge in [0.05, 0.1) is 6.42 Å². The summed E-state index contributed by atoms with van der Waals surface area (Å²) in [6.45, 7) is 1.95. The topological polar surface area (TPSA) is 37.3 Å². The van der Waals surface area contributed by atoms with Crippen LogP contribution in [0.3, 0.4) is 0 Å². The lowest BCUT2D eigenvalue weighted by molar-refractivity contribution is -0.136. The number of rotatable bonds is 3. The summed E-state index contributed by atoms with van der Waals surface area (Å²) in [6, 6.07) is 16.0. The van der Waals surface area contributed by atoms with Crippen molar-refractivity contribution in [3.05, 3.63) is 59.7 Å². The maximum Gasteiger partial charge on any atom is 0.307 e. The minimum absolute atomic E-state index is 0.0842. The number of aryl methyl sites for hydroxylation is 1. The van der Waals surface area contributed by atoms with E-state index in [9.17, 15) is 4.79 Å². The highest BCUT2D eigenvalue weighted by atomic mass is 16.4. The summed E-state index contributed by atoms with van der Waals surface area (Å²) in [7, 11) is 0. The molecular formula is C15H14O2. The molecule has 0 aromatic heterocycles. The minimum atomic E-state index is -0.791. The maximum atomic E-state index is 10.7. The number of carbonyl (C=O) groups is 1. The molecular weight excluding hydrogens is 212 g/mol. The number of hydrogen-bond acceptors (Lipinski definition) is 1. The third-order valence-corrected chi connectivity index (χ3v) is 2.79. The molecule has 0 bridgehead atoms. The van der Waals surface area contributed by atoms with Gasteiger partial charge in [-0.1, -0.05) is 48.5 Å². The van der Waals surface area contributed by atoms with E-state index in [1.54, 1.807) is 0 Å². The van der Waals surface area contributed by atoms with Gasteiger partial charge in [-0.3, -0.25) is 4.79 Å². The average Bonchev–Trinajstić information content (AvgIpc) is 2.32. The Morgan fingerprint density at radius 3 is 2.35 bits per heavy atom. The number of benzene rings is 2. The standard InChI is InChI=1S/C15H14O2/c1-11-9-14(12-5-3-2-4-6-12)8-7-13(11)10-15(16)17/h2-9H,10H2,1H3,(H,16,17). The monoisotopic (exact) mass is 226 g/mol. The molecule has 0 fully saturated rings. The van der Waals surface area contributed by atoms with E-state index < -0.39 is 5.97 Å². The molecule has 0 aliphatic carbocycles. The molecule has 0 saturated heterocycles. The number of carboxylic acid groups (broad SMARTS) is 1. The zero-order valence-corrected chi connectivity index (χ0v) is 9.68. The molecule has 0 aliphatic heterocycles. The van der Waals surface area contributed by atoms with E-state index in [0.29, 0.717) is 0 Å². The van der Waals surface area contributed by atoms with Crippen molar-refractivity contribution in [2.24, 2.45) is 0 Å². The minimum Gasteiger partial charge on any atom is -0.481 e. The number of carboxylic acids is 1. The van der Waals surface area contributed by atoms with Crippen LogP contribution in [0.5, 0.6) is 0 Å². The Labute approximate surface area is 101 Å². The molecule has 17 heavy (non-hydrogen) atoms. The third kappa shape index (κ3) is 2.72. The molecule has 0 heterocycles. The first-order valence-corrected chi connectivity index (χ1v) is 5.53. The van der Waals surface area contributed by atoms with Crippen LogP contribution in [0, 0.1) is 6.92 Å². The second kappa shape index (κ2) is 4.83. The molecule has 0 unspecified atom stereocenters. The molecule has 0 atom stereocenters. The van der Waals surface area contributed by atoms with Gasteiger partial charge in [-0.2, -0.15) is 0 Å². The van der Waals surface area contributed by atoms with E-state index in [4.69, 9.17) is 5.11 Å². The fourth-order valence-electron chi connectivity index (χ4n) is 1.87. The Kier molecular flexibility index (Phi) is 3.24. The van der Waals surface area contributed by atoms with Gasteiger partial charge < -0.3 is 5.11 Å². The number of hydrogen-bond donors (Lipinski definition) is 1. The smallest absolute Gasteiger partial charge is 0.307 e. The van der Waals surface area contributed by atoms with E-state index in [-0.39, 0.29) is 6.42 Å². The van der Waals surface area contributed by atoms with E-state index in [0.717, 1.165) is 22.3 Å². The highest BCUT2D eigenvalue weighted by Crippen LogP contribution is 2.22. The Morgan fingerprint density at radius 2 is 1.76 bits per heavy atom. The van der Waals surface area contributed by atoms with Crippen LogP contribution in [0.4, 0.5) is 0 Å². The van der Waals surface area contributed by atoms with Crippen molar-refractivity contribution in [3.63, 3.8) is 0 Å². The fourth-order valence-corrected chi connectivity index (χ4v) is 1.87. The van der Waals surface area contributed by atoms with Crippen molar-refractivity contribution in [2.45, 2.75) is 13.3 Å². The molecule has 0 aliphatic rings. The zero-order chi connectivity index (χ0) is 12.3. The van der Waals surface area contributed by atoms with Gasteiger partial charge in [0.2, 0.25) is 0 Å². The molecule has 2 heteroatoms. The first kappa shape index (κ1) is 11.4. The van der Waals surface area contributed by atoms with Gasteiger partial charge in [0, 0.05) is 0 Å². The van der Waals surface area contributed by atoms with Gasteiger partial charge in [-0.15, -0.1) is 0 Å². The van der Waals surface area contributed by atoms with Crippen molar-refractivity contribution in [2.75, 3.05) is 0 Å². The molecule has 0 saturated carbocycles. The molecule has 0 spiro atoms. The largest absolute Gasteiger partial charge is 0.481 e. The molecule has 2 aromatic rings. The molecule has 2 aromatic carbocycles. The Morgan fingerprint density at radius 1 is 1.06 bits per heavy atom. The van der Waals surface area contributed by atoms with Crippen LogP contribution in [0.1, 0.15) is 11.1 Å². The van der Waals surface area contributed by atoms with Crippen molar-refractivity contribution in [3.8, 4) is 11.1 Å². The molecule has 1 N–H and O–H groups in total. The lowest BCUT2D eigenvalue weighted by atomic mass is 9.98. The summed E-state index contributed by atoms with van der Waals surface area (Å²) in [5.74, 6) is -0.791. The zero-order valence-electron chi connectivity index (χ0n) is 9.68. The molecule has 86 valence electrons. The quantitative estimate of drug-likeness (QED) is 0.872. The van der Waals surface area contributed by atoms with Gasteiger partial charge in [0.25, 0.3) is 0 Å². The van der Waals surface area contributed by atoms with Crippen LogP contribution in [0.2, 0.25) is 0 Å². The highest BCUT2D eigenvalue weighted by molar-refractivity contribution is 5.72. The molecule has 2 rings (SSSR count). The van der Waals surface area contributed by atoms with Crippen LogP contribution in [0.15, 0.2) is 48.5 Å². The SMILES string of the molecule is Cc1cc(-c2ccccc2)ccc1CC(=O)O. The Bertz CT molecular complexity index is 530. The summed E-state index contributed by atoms with van der Waals surface area (Å²) >= 11 is 0. The van der Waals surface area contributed by atoms with Crippen LogP contribution >= 0.6 is 0 Å². The van der Waals surface area contributed by atoms with Crippen molar-refractivity contribution in [1.29, 1.82) is 0 Å².